The molecule has 0 radical (unpaired) electrons. The highest BCUT2D eigenvalue weighted by Gasteiger charge is 2.30. The summed E-state index contributed by atoms with van der Waals surface area (Å²) in [4.78, 5) is 60.3. The third-order valence-corrected chi connectivity index (χ3v) is 4.90. The third-order valence-electron chi connectivity index (χ3n) is 4.90. The second-order valence-corrected chi connectivity index (χ2v) is 7.88. The number of nitrogens with one attached hydrogen (secondary N) is 3. The maximum absolute atomic E-state index is 13.1. The molecule has 1 rings (SSSR count). The molecule has 0 bridgehead atoms. The van der Waals surface area contributed by atoms with E-state index in [0.717, 1.165) is 5.56 Å². The molecular weight excluding hydrogens is 446 g/mol. The van der Waals surface area contributed by atoms with Crippen LogP contribution in [-0.2, 0) is 30.4 Å². The maximum Gasteiger partial charge on any atom is 0.326 e. The number of benzene rings is 1. The molecule has 0 heterocycles. The quantitative estimate of drug-likeness (QED) is 0.149. The zero-order valence-corrected chi connectivity index (χ0v) is 19.0. The zero-order valence-electron chi connectivity index (χ0n) is 19.0. The molecule has 0 aliphatic rings. The lowest BCUT2D eigenvalue weighted by molar-refractivity contribution is -0.147. The van der Waals surface area contributed by atoms with Gasteiger partial charge < -0.3 is 37.6 Å². The van der Waals surface area contributed by atoms with E-state index in [-0.39, 0.29) is 12.8 Å². The molecule has 0 aromatic heterocycles. The fourth-order valence-corrected chi connectivity index (χ4v) is 3.04. The van der Waals surface area contributed by atoms with Crippen LogP contribution in [0.4, 0.5) is 0 Å². The molecule has 3 amide bonds. The molecule has 0 saturated heterocycles. The van der Waals surface area contributed by atoms with Crippen molar-refractivity contribution in [2.75, 3.05) is 6.54 Å². The molecule has 12 heteroatoms. The smallest absolute Gasteiger partial charge is 0.326 e. The van der Waals surface area contributed by atoms with Gasteiger partial charge in [0.1, 0.15) is 18.1 Å². The Labute approximate surface area is 197 Å². The Morgan fingerprint density at radius 3 is 1.94 bits per heavy atom. The van der Waals surface area contributed by atoms with Crippen molar-refractivity contribution >= 4 is 29.7 Å². The maximum atomic E-state index is 13.1. The van der Waals surface area contributed by atoms with Gasteiger partial charge in [-0.05, 0) is 38.3 Å². The van der Waals surface area contributed by atoms with Gasteiger partial charge in [-0.1, -0.05) is 30.3 Å². The van der Waals surface area contributed by atoms with Gasteiger partial charge in [0.15, 0.2) is 0 Å². The summed E-state index contributed by atoms with van der Waals surface area (Å²) in [6.07, 6.45) is 0.422. The third kappa shape index (κ3) is 10.4. The molecule has 1 aromatic rings. The Hall–Kier alpha value is -3.51. The summed E-state index contributed by atoms with van der Waals surface area (Å²) in [7, 11) is 0. The van der Waals surface area contributed by atoms with E-state index in [1.54, 1.807) is 30.3 Å². The highest BCUT2D eigenvalue weighted by atomic mass is 16.4. The van der Waals surface area contributed by atoms with Crippen LogP contribution in [0.1, 0.15) is 38.2 Å². The van der Waals surface area contributed by atoms with Gasteiger partial charge >= 0.3 is 11.9 Å². The molecule has 12 nitrogen and oxygen atoms in total. The van der Waals surface area contributed by atoms with E-state index in [1.165, 1.54) is 6.92 Å². The fraction of sp³-hybridized carbons (Fsp3) is 0.500. The van der Waals surface area contributed by atoms with E-state index in [1.807, 2.05) is 0 Å². The number of aliphatic carboxylic acids is 2. The molecule has 34 heavy (non-hydrogen) atoms. The van der Waals surface area contributed by atoms with Crippen molar-refractivity contribution in [3.8, 4) is 0 Å². The molecule has 188 valence electrons. The van der Waals surface area contributed by atoms with Crippen LogP contribution in [0.25, 0.3) is 0 Å². The van der Waals surface area contributed by atoms with Gasteiger partial charge in [-0.15, -0.1) is 0 Å². The normalized spacial score (nSPS) is 14.2. The van der Waals surface area contributed by atoms with Gasteiger partial charge in [0, 0.05) is 6.42 Å². The molecule has 4 atom stereocenters. The number of carboxylic acids is 2. The van der Waals surface area contributed by atoms with E-state index in [0.29, 0.717) is 19.4 Å². The number of rotatable bonds is 15. The average Bonchev–Trinajstić information content (AvgIpc) is 2.77. The van der Waals surface area contributed by atoms with Crippen LogP contribution in [0.3, 0.4) is 0 Å². The molecular formula is C22H33N5O7. The molecule has 0 spiro atoms. The second-order valence-electron chi connectivity index (χ2n) is 7.88. The first-order chi connectivity index (χ1) is 16.0. The van der Waals surface area contributed by atoms with Crippen molar-refractivity contribution in [1.29, 1.82) is 0 Å². The van der Waals surface area contributed by atoms with E-state index in [2.05, 4.69) is 16.0 Å². The van der Waals surface area contributed by atoms with Crippen LogP contribution in [0.15, 0.2) is 30.3 Å². The summed E-state index contributed by atoms with van der Waals surface area (Å²) in [5.41, 5.74) is 11.9. The van der Waals surface area contributed by atoms with Crippen LogP contribution in [0, 0.1) is 0 Å². The predicted octanol–water partition coefficient (Wildman–Crippen LogP) is -1.28. The molecule has 9 N–H and O–H groups in total. The monoisotopic (exact) mass is 479 g/mol. The van der Waals surface area contributed by atoms with E-state index >= 15 is 0 Å². The Morgan fingerprint density at radius 2 is 1.41 bits per heavy atom. The lowest BCUT2D eigenvalue weighted by Gasteiger charge is -2.25. The molecule has 4 unspecified atom stereocenters. The van der Waals surface area contributed by atoms with Crippen LogP contribution in [-0.4, -0.2) is 70.6 Å². The standard InChI is InChI=1S/C22H33N5O7/c1-13(24)19(30)26-16(11-14-7-3-2-4-8-14)21(32)25-15(9-5-6-10-23)20(31)27-17(22(33)34)12-18(28)29/h2-4,7-8,13,15-17H,5-6,9-12,23-24H2,1H3,(H,25,32)(H,26,30)(H,27,31)(H,28,29)(H,33,34). The molecule has 0 fully saturated rings. The lowest BCUT2D eigenvalue weighted by Crippen LogP contribution is -2.57. The van der Waals surface area contributed by atoms with Crippen molar-refractivity contribution < 1.29 is 34.2 Å². The minimum absolute atomic E-state index is 0.124. The number of hydrogen-bond acceptors (Lipinski definition) is 7. The van der Waals surface area contributed by atoms with Crippen molar-refractivity contribution in [3.05, 3.63) is 35.9 Å². The van der Waals surface area contributed by atoms with Crippen LogP contribution in [0.2, 0.25) is 0 Å². The largest absolute Gasteiger partial charge is 0.481 e. The van der Waals surface area contributed by atoms with Crippen molar-refractivity contribution in [2.24, 2.45) is 11.5 Å². The molecule has 0 aliphatic carbocycles. The van der Waals surface area contributed by atoms with Gasteiger partial charge in [0.2, 0.25) is 17.7 Å². The highest BCUT2D eigenvalue weighted by molar-refractivity contribution is 5.94. The minimum Gasteiger partial charge on any atom is -0.481 e. The van der Waals surface area contributed by atoms with Gasteiger partial charge in [-0.25, -0.2) is 4.79 Å². The van der Waals surface area contributed by atoms with Gasteiger partial charge in [0.05, 0.1) is 12.5 Å². The Kier molecular flexibility index (Phi) is 12.2. The summed E-state index contributed by atoms with van der Waals surface area (Å²) < 4.78 is 0. The van der Waals surface area contributed by atoms with Crippen LogP contribution < -0.4 is 27.4 Å². The van der Waals surface area contributed by atoms with Gasteiger partial charge in [0.25, 0.3) is 0 Å². The van der Waals surface area contributed by atoms with E-state index in [9.17, 15) is 29.1 Å². The SMILES string of the molecule is CC(N)C(=O)NC(Cc1ccccc1)C(=O)NC(CCCCN)C(=O)NC(CC(=O)O)C(=O)O. The number of carboxylic acid groups (broad SMARTS) is 2. The fourth-order valence-electron chi connectivity index (χ4n) is 3.04. The number of carbonyl (C=O) groups is 5. The van der Waals surface area contributed by atoms with E-state index < -0.39 is 60.2 Å². The van der Waals surface area contributed by atoms with Crippen molar-refractivity contribution in [2.45, 2.75) is 63.2 Å². The summed E-state index contributed by atoms with van der Waals surface area (Å²) in [6.45, 7) is 1.81. The van der Waals surface area contributed by atoms with Gasteiger partial charge in [-0.2, -0.15) is 0 Å². The highest BCUT2D eigenvalue weighted by Crippen LogP contribution is 2.07. The summed E-state index contributed by atoms with van der Waals surface area (Å²) in [5, 5.41) is 25.4. The second kappa shape index (κ2) is 14.6. The van der Waals surface area contributed by atoms with Crippen molar-refractivity contribution in [1.82, 2.24) is 16.0 Å². The zero-order chi connectivity index (χ0) is 25.7. The first kappa shape index (κ1) is 28.5. The molecule has 1 aromatic carbocycles. The first-order valence-corrected chi connectivity index (χ1v) is 10.9. The number of carbonyl (C=O) groups excluding carboxylic acids is 3. The van der Waals surface area contributed by atoms with Gasteiger partial charge in [-0.3, -0.25) is 19.2 Å². The van der Waals surface area contributed by atoms with E-state index in [4.69, 9.17) is 16.6 Å². The molecule has 0 saturated carbocycles. The predicted molar refractivity (Wildman–Crippen MR) is 122 cm³/mol. The number of nitrogens with two attached hydrogens (primary N) is 2. The average molecular weight is 480 g/mol. The number of amides is 3. The number of hydrogen-bond donors (Lipinski definition) is 7. The minimum atomic E-state index is -1.67. The van der Waals surface area contributed by atoms with Crippen LogP contribution in [0.5, 0.6) is 0 Å². The topological polar surface area (TPSA) is 214 Å². The summed E-state index contributed by atoms with van der Waals surface area (Å²) in [6, 6.07) is 4.12. The van der Waals surface area contributed by atoms with Crippen LogP contribution >= 0.6 is 0 Å². The first-order valence-electron chi connectivity index (χ1n) is 10.9. The Bertz CT molecular complexity index is 847. The summed E-state index contributed by atoms with van der Waals surface area (Å²) >= 11 is 0. The lowest BCUT2D eigenvalue weighted by atomic mass is 10.0. The Morgan fingerprint density at radius 1 is 0.853 bits per heavy atom. The van der Waals surface area contributed by atoms with Crippen molar-refractivity contribution in [3.63, 3.8) is 0 Å². The summed E-state index contributed by atoms with van der Waals surface area (Å²) in [5.74, 6) is -5.01. The number of unbranched alkanes of at least 4 members (excludes halogenated alkanes) is 1. The Balaban J connectivity index is 3.05. The molecule has 0 aliphatic heterocycles.